The van der Waals surface area contributed by atoms with Crippen molar-refractivity contribution < 1.29 is 9.53 Å². The van der Waals surface area contributed by atoms with Crippen molar-refractivity contribution in [1.82, 2.24) is 9.97 Å². The van der Waals surface area contributed by atoms with Crippen LogP contribution in [-0.2, 0) is 16.0 Å². The van der Waals surface area contributed by atoms with E-state index in [2.05, 4.69) is 39.1 Å². The van der Waals surface area contributed by atoms with Crippen LogP contribution in [0.4, 0.5) is 11.8 Å². The molecule has 2 heterocycles. The molecule has 1 aliphatic carbocycles. The van der Waals surface area contributed by atoms with Gasteiger partial charge in [0.1, 0.15) is 5.82 Å². The number of anilines is 2. The van der Waals surface area contributed by atoms with E-state index in [1.807, 2.05) is 6.07 Å². The van der Waals surface area contributed by atoms with Crippen molar-refractivity contribution >= 4 is 17.7 Å². The predicted molar refractivity (Wildman–Crippen MR) is 103 cm³/mol. The molecule has 4 N–H and O–H groups in total. The second-order valence-corrected chi connectivity index (χ2v) is 7.32. The minimum atomic E-state index is -0.352. The normalized spacial score (nSPS) is 24.5. The summed E-state index contributed by atoms with van der Waals surface area (Å²) < 4.78 is 4.90. The van der Waals surface area contributed by atoms with Crippen molar-refractivity contribution in [1.29, 1.82) is 0 Å². The molecule has 3 atom stereocenters. The first-order valence-corrected chi connectivity index (χ1v) is 9.38. The molecule has 1 aromatic carbocycles. The maximum Gasteiger partial charge on any atom is 0.312 e. The molecule has 1 fully saturated rings. The van der Waals surface area contributed by atoms with Gasteiger partial charge in [-0.1, -0.05) is 30.3 Å². The maximum atomic E-state index is 12.0. The fourth-order valence-corrected chi connectivity index (χ4v) is 4.33. The van der Waals surface area contributed by atoms with Gasteiger partial charge in [-0.25, -0.2) is 4.98 Å². The van der Waals surface area contributed by atoms with Gasteiger partial charge in [-0.05, 0) is 24.8 Å². The van der Waals surface area contributed by atoms with Crippen LogP contribution < -0.4 is 16.4 Å². The van der Waals surface area contributed by atoms with Gasteiger partial charge in [0.25, 0.3) is 0 Å². The molecule has 0 spiro atoms. The topological polar surface area (TPSA) is 107 Å². The molecule has 7 heteroatoms. The van der Waals surface area contributed by atoms with E-state index < -0.39 is 0 Å². The third-order valence-electron chi connectivity index (χ3n) is 5.65. The Morgan fingerprint density at radius 3 is 2.74 bits per heavy atom. The highest BCUT2D eigenvalue weighted by molar-refractivity contribution is 5.75. The van der Waals surface area contributed by atoms with Crippen LogP contribution in [0.2, 0.25) is 0 Å². The number of rotatable bonds is 3. The van der Waals surface area contributed by atoms with E-state index in [9.17, 15) is 4.79 Å². The zero-order valence-corrected chi connectivity index (χ0v) is 15.5. The molecule has 142 valence electrons. The fourth-order valence-electron chi connectivity index (χ4n) is 4.33. The number of benzene rings is 1. The van der Waals surface area contributed by atoms with Crippen molar-refractivity contribution in [2.75, 3.05) is 30.8 Å². The molecule has 2 aliphatic rings. The smallest absolute Gasteiger partial charge is 0.312 e. The van der Waals surface area contributed by atoms with Crippen LogP contribution in [0.1, 0.15) is 35.6 Å². The lowest BCUT2D eigenvalue weighted by Crippen LogP contribution is -2.34. The highest BCUT2D eigenvalue weighted by Crippen LogP contribution is 2.40. The van der Waals surface area contributed by atoms with E-state index in [1.165, 1.54) is 12.7 Å². The van der Waals surface area contributed by atoms with Gasteiger partial charge in [-0.15, -0.1) is 0 Å². The number of fused-ring (bicyclic) bond motifs is 1. The quantitative estimate of drug-likeness (QED) is 0.791. The molecule has 7 nitrogen and oxygen atoms in total. The van der Waals surface area contributed by atoms with Crippen LogP contribution in [0.3, 0.4) is 0 Å². The summed E-state index contributed by atoms with van der Waals surface area (Å²) in [6, 6.07) is 10.1. The van der Waals surface area contributed by atoms with Gasteiger partial charge in [0.2, 0.25) is 5.95 Å². The molecule has 0 bridgehead atoms. The van der Waals surface area contributed by atoms with Crippen LogP contribution in [0.25, 0.3) is 0 Å². The maximum absolute atomic E-state index is 12.0. The Hall–Kier alpha value is -2.67. The zero-order chi connectivity index (χ0) is 19.0. The number of esters is 1. The van der Waals surface area contributed by atoms with Crippen molar-refractivity contribution in [3.8, 4) is 0 Å². The van der Waals surface area contributed by atoms with Crippen LogP contribution in [0.5, 0.6) is 0 Å². The Balaban J connectivity index is 1.72. The molecule has 1 aromatic heterocycles. The second-order valence-electron chi connectivity index (χ2n) is 7.32. The van der Waals surface area contributed by atoms with E-state index in [4.69, 9.17) is 16.2 Å². The minimum absolute atomic E-state index is 0.215. The highest BCUT2D eigenvalue weighted by atomic mass is 16.5. The predicted octanol–water partition coefficient (Wildman–Crippen LogP) is 1.46. The van der Waals surface area contributed by atoms with Gasteiger partial charge in [-0.3, -0.25) is 4.79 Å². The first-order valence-electron chi connectivity index (χ1n) is 9.38. The number of hydrogen-bond acceptors (Lipinski definition) is 7. The van der Waals surface area contributed by atoms with Crippen LogP contribution in [0, 0.1) is 5.92 Å². The van der Waals surface area contributed by atoms with Crippen molar-refractivity contribution in [2.45, 2.75) is 31.2 Å². The van der Waals surface area contributed by atoms with Crippen molar-refractivity contribution in [3.63, 3.8) is 0 Å². The standard InChI is InChI=1S/C20H25N5O2/c1-27-19(26)15-10-25(11-16(15)21)18-14-9-5-8-13(12-6-3-2-4-7-12)17(14)23-20(22)24-18/h2-4,6-7,13,15-16H,5,8-11,21H2,1H3,(H2,22,23,24)/t13?,15?,16-/m0/s1. The fraction of sp³-hybridized carbons (Fsp3) is 0.450. The SMILES string of the molecule is COC(=O)C1CN(c2nc(N)nc3c2CCCC3c2ccccc2)C[C@@H]1N. The summed E-state index contributed by atoms with van der Waals surface area (Å²) in [7, 11) is 1.40. The molecule has 1 aliphatic heterocycles. The first kappa shape index (κ1) is 17.7. The molecule has 0 saturated carbocycles. The number of methoxy groups -OCH3 is 1. The number of nitrogens with two attached hydrogens (primary N) is 2. The summed E-state index contributed by atoms with van der Waals surface area (Å²) in [6.07, 6.45) is 3.01. The van der Waals surface area contributed by atoms with Gasteiger partial charge < -0.3 is 21.1 Å². The molecule has 4 rings (SSSR count). The Labute approximate surface area is 158 Å². The summed E-state index contributed by atoms with van der Waals surface area (Å²) in [6.45, 7) is 1.05. The molecule has 2 aromatic rings. The zero-order valence-electron chi connectivity index (χ0n) is 15.5. The highest BCUT2D eigenvalue weighted by Gasteiger charge is 2.39. The van der Waals surface area contributed by atoms with Gasteiger partial charge in [0, 0.05) is 30.6 Å². The lowest BCUT2D eigenvalue weighted by molar-refractivity contribution is -0.145. The molecule has 0 radical (unpaired) electrons. The summed E-state index contributed by atoms with van der Waals surface area (Å²) in [5, 5.41) is 0. The summed E-state index contributed by atoms with van der Waals surface area (Å²) >= 11 is 0. The van der Waals surface area contributed by atoms with Gasteiger partial charge >= 0.3 is 5.97 Å². The van der Waals surface area contributed by atoms with Crippen LogP contribution >= 0.6 is 0 Å². The lowest BCUT2D eigenvalue weighted by Gasteiger charge is -2.29. The average molecular weight is 367 g/mol. The second kappa shape index (κ2) is 7.15. The number of hydrogen-bond donors (Lipinski definition) is 2. The molecule has 27 heavy (non-hydrogen) atoms. The number of carbonyl (C=O) groups excluding carboxylic acids is 1. The van der Waals surface area contributed by atoms with E-state index in [-0.39, 0.29) is 29.8 Å². The third-order valence-corrected chi connectivity index (χ3v) is 5.65. The van der Waals surface area contributed by atoms with E-state index in [1.54, 1.807) is 0 Å². The largest absolute Gasteiger partial charge is 0.469 e. The van der Waals surface area contributed by atoms with Gasteiger partial charge in [-0.2, -0.15) is 4.98 Å². The molecule has 0 amide bonds. The molecule has 2 unspecified atom stereocenters. The van der Waals surface area contributed by atoms with E-state index >= 15 is 0 Å². The number of ether oxygens (including phenoxy) is 1. The molecular weight excluding hydrogens is 342 g/mol. The Kier molecular flexibility index (Phi) is 4.70. The Morgan fingerprint density at radius 1 is 1.22 bits per heavy atom. The van der Waals surface area contributed by atoms with Crippen LogP contribution in [0.15, 0.2) is 30.3 Å². The van der Waals surface area contributed by atoms with Gasteiger partial charge in [0.15, 0.2) is 0 Å². The molecule has 1 saturated heterocycles. The Morgan fingerprint density at radius 2 is 2.00 bits per heavy atom. The number of aromatic nitrogens is 2. The molecular formula is C20H25N5O2. The van der Waals surface area contributed by atoms with Crippen molar-refractivity contribution in [3.05, 3.63) is 47.2 Å². The summed E-state index contributed by atoms with van der Waals surface area (Å²) in [5.74, 6) is 0.673. The lowest BCUT2D eigenvalue weighted by atomic mass is 9.82. The van der Waals surface area contributed by atoms with Crippen LogP contribution in [-0.4, -0.2) is 42.2 Å². The van der Waals surface area contributed by atoms with E-state index in [0.29, 0.717) is 13.1 Å². The van der Waals surface area contributed by atoms with E-state index in [0.717, 1.165) is 36.3 Å². The van der Waals surface area contributed by atoms with Crippen molar-refractivity contribution in [2.24, 2.45) is 11.7 Å². The number of nitrogen functional groups attached to an aromatic ring is 1. The average Bonchev–Trinajstić information content (AvgIpc) is 3.08. The number of carbonyl (C=O) groups is 1. The first-order chi connectivity index (χ1) is 13.1. The number of nitrogens with zero attached hydrogens (tertiary/aromatic N) is 3. The Bertz CT molecular complexity index is 842. The van der Waals surface area contributed by atoms with Gasteiger partial charge in [0.05, 0.1) is 18.7 Å². The summed E-state index contributed by atoms with van der Waals surface area (Å²) in [4.78, 5) is 23.2. The summed E-state index contributed by atoms with van der Waals surface area (Å²) in [5.41, 5.74) is 15.6. The minimum Gasteiger partial charge on any atom is -0.469 e. The third kappa shape index (κ3) is 3.23. The monoisotopic (exact) mass is 367 g/mol.